The Morgan fingerprint density at radius 3 is 3.05 bits per heavy atom. The first kappa shape index (κ1) is 14.4. The molecule has 7 heteroatoms. The van der Waals surface area contributed by atoms with Crippen molar-refractivity contribution in [1.29, 1.82) is 0 Å². The van der Waals surface area contributed by atoms with Crippen LogP contribution in [0.25, 0.3) is 0 Å². The first-order chi connectivity index (χ1) is 9.61. The average Bonchev–Trinajstić information content (AvgIpc) is 2.76. The maximum absolute atomic E-state index is 11.3. The number of hydrogen-bond acceptors (Lipinski definition) is 5. The lowest BCUT2D eigenvalue weighted by Crippen LogP contribution is -2.07. The van der Waals surface area contributed by atoms with Crippen LogP contribution in [0.1, 0.15) is 5.56 Å². The highest BCUT2D eigenvalue weighted by atomic mass is 32.2. The molecular formula is C13H15N3O3S. The van der Waals surface area contributed by atoms with E-state index in [0.29, 0.717) is 23.5 Å². The SMILES string of the molecule is C=CCSCCNc1cc2c(cc1[N+](=O)[O-])CC(=O)N2. The molecule has 2 N–H and O–H groups in total. The number of fused-ring (bicyclic) bond motifs is 1. The molecule has 20 heavy (non-hydrogen) atoms. The Hall–Kier alpha value is -2.02. The van der Waals surface area contributed by atoms with Crippen molar-refractivity contribution in [2.24, 2.45) is 0 Å². The van der Waals surface area contributed by atoms with Gasteiger partial charge in [-0.05, 0) is 11.6 Å². The van der Waals surface area contributed by atoms with Crippen molar-refractivity contribution >= 4 is 34.7 Å². The first-order valence-corrected chi connectivity index (χ1v) is 7.31. The predicted molar refractivity (Wildman–Crippen MR) is 81.4 cm³/mol. The summed E-state index contributed by atoms with van der Waals surface area (Å²) in [5.74, 6) is 1.55. The van der Waals surface area contributed by atoms with E-state index in [-0.39, 0.29) is 18.0 Å². The minimum atomic E-state index is -0.428. The van der Waals surface area contributed by atoms with Crippen molar-refractivity contribution in [2.45, 2.75) is 6.42 Å². The molecule has 0 atom stereocenters. The van der Waals surface area contributed by atoms with Gasteiger partial charge in [-0.15, -0.1) is 6.58 Å². The lowest BCUT2D eigenvalue weighted by Gasteiger charge is -2.08. The first-order valence-electron chi connectivity index (χ1n) is 6.15. The summed E-state index contributed by atoms with van der Waals surface area (Å²) in [6, 6.07) is 3.10. The summed E-state index contributed by atoms with van der Waals surface area (Å²) in [6.07, 6.45) is 2.02. The van der Waals surface area contributed by atoms with Gasteiger partial charge < -0.3 is 10.6 Å². The highest BCUT2D eigenvalue weighted by Crippen LogP contribution is 2.34. The fraction of sp³-hybridized carbons (Fsp3) is 0.308. The smallest absolute Gasteiger partial charge is 0.292 e. The summed E-state index contributed by atoms with van der Waals surface area (Å²) in [6.45, 7) is 4.25. The maximum Gasteiger partial charge on any atom is 0.292 e. The van der Waals surface area contributed by atoms with E-state index < -0.39 is 4.92 Å². The maximum atomic E-state index is 11.3. The van der Waals surface area contributed by atoms with Crippen LogP contribution in [0, 0.1) is 10.1 Å². The third-order valence-corrected chi connectivity index (χ3v) is 3.81. The number of amides is 1. The standard InChI is InChI=1S/C13H15N3O3S/c1-2-4-20-5-3-14-11-8-10-9(7-13(17)15-10)6-12(11)16(18)19/h2,6,8,14H,1,3-5,7H2,(H,15,17). The molecule has 0 aromatic heterocycles. The molecule has 1 heterocycles. The Labute approximate surface area is 120 Å². The molecule has 0 saturated heterocycles. The van der Waals surface area contributed by atoms with Gasteiger partial charge in [0.25, 0.3) is 5.69 Å². The van der Waals surface area contributed by atoms with Gasteiger partial charge in [0.2, 0.25) is 5.91 Å². The molecule has 106 valence electrons. The van der Waals surface area contributed by atoms with Crippen LogP contribution in [-0.4, -0.2) is 28.9 Å². The van der Waals surface area contributed by atoms with Crippen LogP contribution in [-0.2, 0) is 11.2 Å². The van der Waals surface area contributed by atoms with E-state index >= 15 is 0 Å². The van der Waals surface area contributed by atoms with Crippen LogP contribution in [0.3, 0.4) is 0 Å². The van der Waals surface area contributed by atoms with Gasteiger partial charge in [0.15, 0.2) is 0 Å². The zero-order valence-electron chi connectivity index (χ0n) is 10.8. The van der Waals surface area contributed by atoms with Crippen molar-refractivity contribution in [3.63, 3.8) is 0 Å². The highest BCUT2D eigenvalue weighted by Gasteiger charge is 2.24. The molecule has 1 aromatic rings. The molecule has 0 fully saturated rings. The van der Waals surface area contributed by atoms with Gasteiger partial charge in [-0.3, -0.25) is 14.9 Å². The minimum absolute atomic E-state index is 0.00831. The molecular weight excluding hydrogens is 278 g/mol. The van der Waals surface area contributed by atoms with Crippen LogP contribution < -0.4 is 10.6 Å². The summed E-state index contributed by atoms with van der Waals surface area (Å²) >= 11 is 1.69. The number of hydrogen-bond donors (Lipinski definition) is 2. The van der Waals surface area contributed by atoms with Crippen molar-refractivity contribution in [1.82, 2.24) is 0 Å². The van der Waals surface area contributed by atoms with Crippen LogP contribution in [0.4, 0.5) is 17.1 Å². The Morgan fingerprint density at radius 2 is 2.35 bits per heavy atom. The summed E-state index contributed by atoms with van der Waals surface area (Å²) in [7, 11) is 0. The fourth-order valence-corrected chi connectivity index (χ4v) is 2.56. The van der Waals surface area contributed by atoms with E-state index in [9.17, 15) is 14.9 Å². The monoisotopic (exact) mass is 293 g/mol. The lowest BCUT2D eigenvalue weighted by atomic mass is 10.1. The predicted octanol–water partition coefficient (Wildman–Crippen LogP) is 2.42. The number of nitrogens with one attached hydrogen (secondary N) is 2. The largest absolute Gasteiger partial charge is 0.379 e. The van der Waals surface area contributed by atoms with E-state index in [1.165, 1.54) is 6.07 Å². The number of nitro benzene ring substituents is 1. The molecule has 0 bridgehead atoms. The molecule has 1 amide bonds. The van der Waals surface area contributed by atoms with Crippen LogP contribution in [0.2, 0.25) is 0 Å². The number of carbonyl (C=O) groups excluding carboxylic acids is 1. The normalized spacial score (nSPS) is 12.7. The third-order valence-electron chi connectivity index (χ3n) is 2.84. The van der Waals surface area contributed by atoms with E-state index in [2.05, 4.69) is 17.2 Å². The zero-order valence-corrected chi connectivity index (χ0v) is 11.7. The van der Waals surface area contributed by atoms with Crippen LogP contribution in [0.5, 0.6) is 0 Å². The molecule has 1 aliphatic heterocycles. The van der Waals surface area contributed by atoms with Crippen molar-refractivity contribution in [2.75, 3.05) is 28.7 Å². The molecule has 0 radical (unpaired) electrons. The second-order valence-corrected chi connectivity index (χ2v) is 5.45. The molecule has 6 nitrogen and oxygen atoms in total. The number of rotatable bonds is 7. The summed E-state index contributed by atoms with van der Waals surface area (Å²) < 4.78 is 0. The molecule has 0 saturated carbocycles. The number of nitrogens with zero attached hydrogens (tertiary/aromatic N) is 1. The number of nitro groups is 1. The van der Waals surface area contributed by atoms with Gasteiger partial charge in [-0.25, -0.2) is 0 Å². The van der Waals surface area contributed by atoms with E-state index in [0.717, 1.165) is 11.5 Å². The topological polar surface area (TPSA) is 84.3 Å². The number of anilines is 2. The Bertz CT molecular complexity index is 560. The molecule has 1 aliphatic rings. The highest BCUT2D eigenvalue weighted by molar-refractivity contribution is 7.99. The van der Waals surface area contributed by atoms with Crippen molar-refractivity contribution in [3.05, 3.63) is 40.5 Å². The van der Waals surface area contributed by atoms with Gasteiger partial charge in [0, 0.05) is 29.8 Å². The Morgan fingerprint density at radius 1 is 1.55 bits per heavy atom. The van der Waals surface area contributed by atoms with E-state index in [1.54, 1.807) is 17.8 Å². The van der Waals surface area contributed by atoms with Crippen molar-refractivity contribution < 1.29 is 9.72 Å². The van der Waals surface area contributed by atoms with Gasteiger partial charge in [-0.2, -0.15) is 11.8 Å². The third kappa shape index (κ3) is 3.30. The molecule has 0 aliphatic carbocycles. The Balaban J connectivity index is 2.10. The zero-order chi connectivity index (χ0) is 14.5. The summed E-state index contributed by atoms with van der Waals surface area (Å²) in [5.41, 5.74) is 1.78. The minimum Gasteiger partial charge on any atom is -0.379 e. The van der Waals surface area contributed by atoms with Gasteiger partial charge in [0.1, 0.15) is 5.69 Å². The Kier molecular flexibility index (Phi) is 4.62. The molecule has 2 rings (SSSR count). The average molecular weight is 293 g/mol. The molecule has 0 unspecified atom stereocenters. The number of carbonyl (C=O) groups is 1. The van der Waals surface area contributed by atoms with Gasteiger partial charge in [-0.1, -0.05) is 6.08 Å². The van der Waals surface area contributed by atoms with Gasteiger partial charge >= 0.3 is 0 Å². The number of thioether (sulfide) groups is 1. The molecule has 1 aromatic carbocycles. The second-order valence-electron chi connectivity index (χ2n) is 4.30. The molecule has 0 spiro atoms. The van der Waals surface area contributed by atoms with E-state index in [4.69, 9.17) is 0 Å². The second kappa shape index (κ2) is 6.42. The lowest BCUT2D eigenvalue weighted by molar-refractivity contribution is -0.384. The summed E-state index contributed by atoms with van der Waals surface area (Å²) in [4.78, 5) is 22.0. The van der Waals surface area contributed by atoms with Crippen molar-refractivity contribution in [3.8, 4) is 0 Å². The summed E-state index contributed by atoms with van der Waals surface area (Å²) in [5, 5.41) is 16.8. The number of benzene rings is 1. The quantitative estimate of drug-likeness (QED) is 0.349. The fourth-order valence-electron chi connectivity index (χ4n) is 1.98. The van der Waals surface area contributed by atoms with Crippen LogP contribution in [0.15, 0.2) is 24.8 Å². The van der Waals surface area contributed by atoms with Gasteiger partial charge in [0.05, 0.1) is 11.3 Å². The van der Waals surface area contributed by atoms with E-state index in [1.807, 2.05) is 6.08 Å². The van der Waals surface area contributed by atoms with Crippen LogP contribution >= 0.6 is 11.8 Å².